The van der Waals surface area contributed by atoms with Crippen LogP contribution in [0.3, 0.4) is 0 Å². The number of hydrogen-bond acceptors (Lipinski definition) is 3. The number of likely N-dealkylation sites (tertiary alicyclic amines) is 1. The molecule has 0 aliphatic carbocycles. The molecule has 3 aromatic rings. The molecule has 0 radical (unpaired) electrons. The number of aryl methyl sites for hydroxylation is 1. The fourth-order valence-corrected chi connectivity index (χ4v) is 3.67. The Morgan fingerprint density at radius 2 is 2.04 bits per heavy atom. The molecular formula is C21H23N3O2. The van der Waals surface area contributed by atoms with Gasteiger partial charge in [0.2, 0.25) is 5.91 Å². The van der Waals surface area contributed by atoms with Crippen molar-refractivity contribution in [3.63, 3.8) is 0 Å². The average molecular weight is 349 g/mol. The summed E-state index contributed by atoms with van der Waals surface area (Å²) in [7, 11) is 0. The number of nitrogens with zero attached hydrogens (tertiary/aromatic N) is 3. The van der Waals surface area contributed by atoms with Gasteiger partial charge in [0.1, 0.15) is 11.6 Å². The average Bonchev–Trinajstić information content (AvgIpc) is 3.29. The van der Waals surface area contributed by atoms with Crippen molar-refractivity contribution in [3.05, 3.63) is 60.3 Å². The van der Waals surface area contributed by atoms with Crippen molar-refractivity contribution in [2.24, 2.45) is 5.92 Å². The highest BCUT2D eigenvalue weighted by atomic mass is 16.3. The van der Waals surface area contributed by atoms with Crippen molar-refractivity contribution in [1.29, 1.82) is 0 Å². The summed E-state index contributed by atoms with van der Waals surface area (Å²) >= 11 is 0. The highest BCUT2D eigenvalue weighted by Gasteiger charge is 2.23. The summed E-state index contributed by atoms with van der Waals surface area (Å²) in [4.78, 5) is 18.9. The smallest absolute Gasteiger partial charge is 0.246 e. The van der Waals surface area contributed by atoms with E-state index in [4.69, 9.17) is 4.42 Å². The van der Waals surface area contributed by atoms with Crippen LogP contribution in [0.1, 0.15) is 24.4 Å². The lowest BCUT2D eigenvalue weighted by Crippen LogP contribution is -2.38. The maximum Gasteiger partial charge on any atom is 0.246 e. The largest absolute Gasteiger partial charge is 0.465 e. The first-order chi connectivity index (χ1) is 12.7. The number of fused-ring (bicyclic) bond motifs is 1. The minimum absolute atomic E-state index is 0.0594. The quantitative estimate of drug-likeness (QED) is 0.672. The van der Waals surface area contributed by atoms with Crippen LogP contribution >= 0.6 is 0 Å². The summed E-state index contributed by atoms with van der Waals surface area (Å²) in [6.07, 6.45) is 6.98. The van der Waals surface area contributed by atoms with Gasteiger partial charge in [-0.2, -0.15) is 0 Å². The lowest BCUT2D eigenvalue weighted by Gasteiger charge is -2.31. The molecule has 1 amide bonds. The number of hydrogen-bond donors (Lipinski definition) is 0. The number of imidazole rings is 1. The zero-order chi connectivity index (χ0) is 17.9. The zero-order valence-corrected chi connectivity index (χ0v) is 15.0. The Hall–Kier alpha value is -2.82. The fraction of sp³-hybridized carbons (Fsp3) is 0.333. The number of carbonyl (C=O) groups excluding carboxylic acids is 1. The Morgan fingerprint density at radius 3 is 2.81 bits per heavy atom. The predicted octanol–water partition coefficient (Wildman–Crippen LogP) is 3.89. The van der Waals surface area contributed by atoms with Gasteiger partial charge in [-0.25, -0.2) is 4.98 Å². The molecule has 2 aromatic heterocycles. The molecule has 0 spiro atoms. The van der Waals surface area contributed by atoms with E-state index in [9.17, 15) is 4.79 Å². The van der Waals surface area contributed by atoms with Gasteiger partial charge in [-0.3, -0.25) is 4.79 Å². The summed E-state index contributed by atoms with van der Waals surface area (Å²) in [6, 6.07) is 11.9. The Balaban J connectivity index is 1.36. The molecule has 5 heteroatoms. The van der Waals surface area contributed by atoms with Gasteiger partial charge in [0.25, 0.3) is 0 Å². The van der Waals surface area contributed by atoms with Gasteiger partial charge in [0.15, 0.2) is 0 Å². The summed E-state index contributed by atoms with van der Waals surface area (Å²) in [6.45, 7) is 4.64. The Morgan fingerprint density at radius 1 is 1.23 bits per heavy atom. The standard InChI is InChI=1S/C21H23N3O2/c1-16-22-19-6-2-3-7-20(19)24(16)15-17-10-12-23(13-11-17)21(25)9-8-18-5-4-14-26-18/h2-9,14,17H,10-13,15H2,1H3/b9-8+. The first-order valence-electron chi connectivity index (χ1n) is 9.13. The maximum absolute atomic E-state index is 12.3. The molecule has 26 heavy (non-hydrogen) atoms. The maximum atomic E-state index is 12.3. The molecule has 1 fully saturated rings. The number of furan rings is 1. The summed E-state index contributed by atoms with van der Waals surface area (Å²) < 4.78 is 7.54. The normalized spacial score (nSPS) is 16.0. The van der Waals surface area contributed by atoms with E-state index in [0.29, 0.717) is 11.7 Å². The minimum Gasteiger partial charge on any atom is -0.465 e. The van der Waals surface area contributed by atoms with Gasteiger partial charge in [-0.15, -0.1) is 0 Å². The Kier molecular flexibility index (Phi) is 4.61. The molecular weight excluding hydrogens is 326 g/mol. The van der Waals surface area contributed by atoms with E-state index < -0.39 is 0 Å². The van der Waals surface area contributed by atoms with Crippen molar-refractivity contribution in [2.45, 2.75) is 26.3 Å². The molecule has 1 saturated heterocycles. The van der Waals surface area contributed by atoms with Gasteiger partial charge in [0, 0.05) is 25.7 Å². The van der Waals surface area contributed by atoms with Crippen molar-refractivity contribution in [1.82, 2.24) is 14.5 Å². The number of piperidine rings is 1. The van der Waals surface area contributed by atoms with Crippen LogP contribution in [0.15, 0.2) is 53.2 Å². The van der Waals surface area contributed by atoms with Crippen LogP contribution in [0.4, 0.5) is 0 Å². The predicted molar refractivity (Wildman–Crippen MR) is 102 cm³/mol. The first kappa shape index (κ1) is 16.6. The third-order valence-electron chi connectivity index (χ3n) is 5.15. The second-order valence-electron chi connectivity index (χ2n) is 6.88. The number of aromatic nitrogens is 2. The molecule has 1 aliphatic rings. The fourth-order valence-electron chi connectivity index (χ4n) is 3.67. The first-order valence-corrected chi connectivity index (χ1v) is 9.13. The van der Waals surface area contributed by atoms with E-state index in [1.54, 1.807) is 18.4 Å². The molecule has 0 bridgehead atoms. The third-order valence-corrected chi connectivity index (χ3v) is 5.15. The van der Waals surface area contributed by atoms with Crippen LogP contribution in [0.2, 0.25) is 0 Å². The van der Waals surface area contributed by atoms with Gasteiger partial charge < -0.3 is 13.9 Å². The lowest BCUT2D eigenvalue weighted by atomic mass is 9.96. The summed E-state index contributed by atoms with van der Waals surface area (Å²) in [5, 5.41) is 0. The van der Waals surface area contributed by atoms with Crippen molar-refractivity contribution in [2.75, 3.05) is 13.1 Å². The second-order valence-corrected chi connectivity index (χ2v) is 6.88. The van der Waals surface area contributed by atoms with E-state index in [-0.39, 0.29) is 5.91 Å². The van der Waals surface area contributed by atoms with E-state index in [0.717, 1.165) is 43.8 Å². The topological polar surface area (TPSA) is 51.3 Å². The van der Waals surface area contributed by atoms with Gasteiger partial charge in [-0.1, -0.05) is 12.1 Å². The zero-order valence-electron chi connectivity index (χ0n) is 15.0. The van der Waals surface area contributed by atoms with Gasteiger partial charge >= 0.3 is 0 Å². The molecule has 5 nitrogen and oxygen atoms in total. The van der Waals surface area contributed by atoms with Crippen LogP contribution in [0, 0.1) is 12.8 Å². The monoisotopic (exact) mass is 349 g/mol. The number of carbonyl (C=O) groups is 1. The summed E-state index contributed by atoms with van der Waals surface area (Å²) in [5.41, 5.74) is 2.26. The molecule has 0 unspecified atom stereocenters. The van der Waals surface area contributed by atoms with Crippen LogP contribution in [0.25, 0.3) is 17.1 Å². The molecule has 134 valence electrons. The molecule has 1 aromatic carbocycles. The minimum atomic E-state index is 0.0594. The number of benzene rings is 1. The van der Waals surface area contributed by atoms with E-state index in [2.05, 4.69) is 34.7 Å². The van der Waals surface area contributed by atoms with Gasteiger partial charge in [0.05, 0.1) is 17.3 Å². The van der Waals surface area contributed by atoms with Crippen molar-refractivity contribution in [3.8, 4) is 0 Å². The molecule has 0 N–H and O–H groups in total. The van der Waals surface area contributed by atoms with E-state index >= 15 is 0 Å². The highest BCUT2D eigenvalue weighted by molar-refractivity contribution is 5.91. The van der Waals surface area contributed by atoms with Crippen LogP contribution in [0.5, 0.6) is 0 Å². The lowest BCUT2D eigenvalue weighted by molar-refractivity contribution is -0.127. The van der Waals surface area contributed by atoms with E-state index in [1.807, 2.05) is 23.1 Å². The summed E-state index contributed by atoms with van der Waals surface area (Å²) in [5.74, 6) is 2.40. The number of para-hydroxylation sites is 2. The van der Waals surface area contributed by atoms with Gasteiger partial charge in [-0.05, 0) is 56.0 Å². The number of amides is 1. The highest BCUT2D eigenvalue weighted by Crippen LogP contribution is 2.23. The van der Waals surface area contributed by atoms with Crippen molar-refractivity contribution >= 4 is 23.0 Å². The molecule has 4 rings (SSSR count). The third kappa shape index (κ3) is 3.43. The van der Waals surface area contributed by atoms with E-state index in [1.165, 1.54) is 5.52 Å². The molecule has 3 heterocycles. The van der Waals surface area contributed by atoms with Crippen molar-refractivity contribution < 1.29 is 9.21 Å². The molecule has 1 aliphatic heterocycles. The van der Waals surface area contributed by atoms with Crippen LogP contribution in [-0.4, -0.2) is 33.4 Å². The molecule has 0 saturated carbocycles. The Bertz CT molecular complexity index is 916. The Labute approximate surface area is 152 Å². The van der Waals surface area contributed by atoms with Crippen LogP contribution < -0.4 is 0 Å². The van der Waals surface area contributed by atoms with Crippen LogP contribution in [-0.2, 0) is 11.3 Å². The number of rotatable bonds is 4. The molecule has 0 atom stereocenters. The second kappa shape index (κ2) is 7.20. The SMILES string of the molecule is Cc1nc2ccccc2n1CC1CCN(C(=O)/C=C/c2ccco2)CC1.